The molecule has 3 heterocycles. The summed E-state index contributed by atoms with van der Waals surface area (Å²) in [6.45, 7) is 3.24. The Morgan fingerprint density at radius 1 is 0.868 bits per heavy atom. The fourth-order valence-corrected chi connectivity index (χ4v) is 6.28. The second-order valence-electron chi connectivity index (χ2n) is 9.95. The van der Waals surface area contributed by atoms with E-state index < -0.39 is 12.0 Å². The van der Waals surface area contributed by atoms with Crippen LogP contribution in [0.15, 0.2) is 60.7 Å². The zero-order valence-electron chi connectivity index (χ0n) is 21.5. The van der Waals surface area contributed by atoms with Gasteiger partial charge in [-0.15, -0.1) is 0 Å². The second-order valence-corrected chi connectivity index (χ2v) is 10.4. The van der Waals surface area contributed by atoms with E-state index in [1.807, 2.05) is 70.5 Å². The van der Waals surface area contributed by atoms with E-state index in [-0.39, 0.29) is 11.8 Å². The van der Waals surface area contributed by atoms with Crippen molar-refractivity contribution in [2.24, 2.45) is 0 Å². The number of carbonyl (C=O) groups excluding carboxylic acids is 2. The van der Waals surface area contributed by atoms with Crippen LogP contribution in [-0.4, -0.2) is 68.6 Å². The lowest BCUT2D eigenvalue weighted by molar-refractivity contribution is -0.135. The quantitative estimate of drug-likeness (QED) is 0.494. The van der Waals surface area contributed by atoms with E-state index in [4.69, 9.17) is 21.1 Å². The molecule has 0 spiro atoms. The zero-order chi connectivity index (χ0) is 26.4. The van der Waals surface area contributed by atoms with Gasteiger partial charge in [0.25, 0.3) is 5.91 Å². The third-order valence-electron chi connectivity index (χ3n) is 8.07. The Hall–Kier alpha value is -3.71. The van der Waals surface area contributed by atoms with Crippen LogP contribution in [0.25, 0.3) is 0 Å². The number of halogens is 1. The Balaban J connectivity index is 1.36. The summed E-state index contributed by atoms with van der Waals surface area (Å²) in [7, 11) is 3.23. The smallest absolute Gasteiger partial charge is 0.254 e. The van der Waals surface area contributed by atoms with Crippen molar-refractivity contribution in [1.82, 2.24) is 9.80 Å². The van der Waals surface area contributed by atoms with E-state index in [0.29, 0.717) is 48.1 Å². The lowest BCUT2D eigenvalue weighted by atomic mass is 9.75. The van der Waals surface area contributed by atoms with Crippen LogP contribution < -0.4 is 14.4 Å². The second kappa shape index (κ2) is 9.87. The standard InChI is InChI=1S/C30H30ClN3O4/c1-37-25-17-19-11-12-34-28(24(19)18-26(25)38-2)27(22-5-3-4-6-23(22)29(34)35)30(36)33-15-13-32(14-16-33)21-9-7-20(31)8-10-21/h3-10,17-18,27-28H,11-16H2,1-2H3/t27-,28+/m0/s1. The normalized spacial score (nSPS) is 20.4. The van der Waals surface area contributed by atoms with Gasteiger partial charge >= 0.3 is 0 Å². The van der Waals surface area contributed by atoms with Gasteiger partial charge in [-0.25, -0.2) is 0 Å². The summed E-state index contributed by atoms with van der Waals surface area (Å²) in [6, 6.07) is 18.9. The summed E-state index contributed by atoms with van der Waals surface area (Å²) in [5.74, 6) is 0.787. The number of hydrogen-bond acceptors (Lipinski definition) is 5. The van der Waals surface area contributed by atoms with Crippen LogP contribution in [0.5, 0.6) is 11.5 Å². The number of amides is 2. The highest BCUT2D eigenvalue weighted by atomic mass is 35.5. The highest BCUT2D eigenvalue weighted by Gasteiger charge is 2.48. The summed E-state index contributed by atoms with van der Waals surface area (Å²) in [6.07, 6.45) is 0.695. The molecule has 0 N–H and O–H groups in total. The van der Waals surface area contributed by atoms with Crippen molar-refractivity contribution in [3.8, 4) is 11.5 Å². The SMILES string of the molecule is COc1cc2c(cc1OC)[C@@H]1[C@@H](C(=O)N3CCN(c4ccc(Cl)cc4)CC3)c3ccccc3C(=O)N1CC2. The first-order chi connectivity index (χ1) is 18.5. The van der Waals surface area contributed by atoms with Gasteiger partial charge in [0.15, 0.2) is 11.5 Å². The van der Waals surface area contributed by atoms with Crippen molar-refractivity contribution in [2.45, 2.75) is 18.4 Å². The molecule has 3 aliphatic rings. The van der Waals surface area contributed by atoms with Crippen molar-refractivity contribution in [2.75, 3.05) is 51.8 Å². The van der Waals surface area contributed by atoms with Gasteiger partial charge in [-0.2, -0.15) is 0 Å². The average molecular weight is 532 g/mol. The summed E-state index contributed by atoms with van der Waals surface area (Å²) in [5.41, 5.74) is 4.55. The minimum absolute atomic E-state index is 0.0253. The third-order valence-corrected chi connectivity index (χ3v) is 8.33. The van der Waals surface area contributed by atoms with Gasteiger partial charge in [-0.05, 0) is 65.6 Å². The van der Waals surface area contributed by atoms with Crippen molar-refractivity contribution in [1.29, 1.82) is 0 Å². The van der Waals surface area contributed by atoms with Crippen LogP contribution in [0.1, 0.15) is 39.0 Å². The van der Waals surface area contributed by atoms with Gasteiger partial charge in [-0.1, -0.05) is 29.8 Å². The number of benzene rings is 3. The van der Waals surface area contributed by atoms with Crippen LogP contribution in [0.2, 0.25) is 5.02 Å². The number of piperazine rings is 1. The predicted molar refractivity (Wildman–Crippen MR) is 146 cm³/mol. The summed E-state index contributed by atoms with van der Waals surface area (Å²) >= 11 is 6.07. The molecule has 6 rings (SSSR count). The Bertz CT molecular complexity index is 1380. The molecule has 196 valence electrons. The molecule has 1 fully saturated rings. The lowest BCUT2D eigenvalue weighted by Gasteiger charge is -2.47. The minimum atomic E-state index is -0.497. The maximum Gasteiger partial charge on any atom is 0.254 e. The van der Waals surface area contributed by atoms with Gasteiger partial charge in [0.1, 0.15) is 0 Å². The Morgan fingerprint density at radius 3 is 2.26 bits per heavy atom. The Morgan fingerprint density at radius 2 is 1.55 bits per heavy atom. The number of ether oxygens (including phenoxy) is 2. The number of hydrogen-bond donors (Lipinski definition) is 0. The monoisotopic (exact) mass is 531 g/mol. The molecular formula is C30H30ClN3O4. The summed E-state index contributed by atoms with van der Waals surface area (Å²) in [5, 5.41) is 0.708. The highest BCUT2D eigenvalue weighted by molar-refractivity contribution is 6.30. The van der Waals surface area contributed by atoms with Crippen molar-refractivity contribution >= 4 is 29.1 Å². The van der Waals surface area contributed by atoms with Crippen LogP contribution in [0.4, 0.5) is 5.69 Å². The largest absolute Gasteiger partial charge is 0.493 e. The molecule has 0 radical (unpaired) electrons. The lowest BCUT2D eigenvalue weighted by Crippen LogP contribution is -2.54. The molecule has 7 nitrogen and oxygen atoms in total. The van der Waals surface area contributed by atoms with Gasteiger partial charge < -0.3 is 24.2 Å². The van der Waals surface area contributed by atoms with Gasteiger partial charge in [0.05, 0.1) is 26.2 Å². The van der Waals surface area contributed by atoms with Crippen LogP contribution in [0.3, 0.4) is 0 Å². The third kappa shape index (κ3) is 4.06. The molecule has 3 aliphatic heterocycles. The highest BCUT2D eigenvalue weighted by Crippen LogP contribution is 2.49. The molecule has 0 saturated carbocycles. The van der Waals surface area contributed by atoms with E-state index >= 15 is 0 Å². The maximum atomic E-state index is 14.3. The van der Waals surface area contributed by atoms with Crippen molar-refractivity contribution in [3.05, 3.63) is 87.9 Å². The van der Waals surface area contributed by atoms with Crippen molar-refractivity contribution < 1.29 is 19.1 Å². The topological polar surface area (TPSA) is 62.3 Å². The van der Waals surface area contributed by atoms with E-state index in [9.17, 15) is 9.59 Å². The first kappa shape index (κ1) is 24.6. The fraction of sp³-hybridized carbons (Fsp3) is 0.333. The number of anilines is 1. The number of rotatable bonds is 4. The molecule has 0 aliphatic carbocycles. The van der Waals surface area contributed by atoms with Crippen LogP contribution in [-0.2, 0) is 11.2 Å². The molecule has 1 saturated heterocycles. The minimum Gasteiger partial charge on any atom is -0.493 e. The molecule has 38 heavy (non-hydrogen) atoms. The number of methoxy groups -OCH3 is 2. The van der Waals surface area contributed by atoms with Crippen LogP contribution in [0, 0.1) is 0 Å². The maximum absolute atomic E-state index is 14.3. The summed E-state index contributed by atoms with van der Waals surface area (Å²) in [4.78, 5) is 34.1. The number of nitrogens with zero attached hydrogens (tertiary/aromatic N) is 3. The Kier molecular flexibility index (Phi) is 6.40. The molecule has 0 aromatic heterocycles. The predicted octanol–water partition coefficient (Wildman–Crippen LogP) is 4.54. The summed E-state index contributed by atoms with van der Waals surface area (Å²) < 4.78 is 11.2. The molecule has 0 unspecified atom stereocenters. The van der Waals surface area contributed by atoms with Gasteiger partial charge in [0.2, 0.25) is 5.91 Å². The Labute approximate surface area is 227 Å². The molecule has 3 aromatic carbocycles. The molecular weight excluding hydrogens is 502 g/mol. The van der Waals surface area contributed by atoms with E-state index in [1.165, 1.54) is 0 Å². The van der Waals surface area contributed by atoms with E-state index in [2.05, 4.69) is 4.90 Å². The molecule has 2 atom stereocenters. The first-order valence-electron chi connectivity index (χ1n) is 12.9. The van der Waals surface area contributed by atoms with Crippen molar-refractivity contribution in [3.63, 3.8) is 0 Å². The first-order valence-corrected chi connectivity index (χ1v) is 13.3. The number of carbonyl (C=O) groups is 2. The van der Waals surface area contributed by atoms with Gasteiger partial charge in [-0.3, -0.25) is 9.59 Å². The fourth-order valence-electron chi connectivity index (χ4n) is 6.15. The van der Waals surface area contributed by atoms with E-state index in [0.717, 1.165) is 35.5 Å². The van der Waals surface area contributed by atoms with Gasteiger partial charge in [0, 0.05) is 49.0 Å². The number of fused-ring (bicyclic) bond motifs is 4. The molecule has 2 amide bonds. The average Bonchev–Trinajstić information content (AvgIpc) is 2.96. The molecule has 3 aromatic rings. The molecule has 0 bridgehead atoms. The van der Waals surface area contributed by atoms with Crippen LogP contribution >= 0.6 is 11.6 Å². The molecule has 8 heteroatoms. The zero-order valence-corrected chi connectivity index (χ0v) is 22.3. The van der Waals surface area contributed by atoms with E-state index in [1.54, 1.807) is 14.2 Å².